The normalized spacial score (nSPS) is 18.5. The number of anilines is 2. The SMILES string of the molecule is CC1=C[N+]2C(Nc3cc(C)[nH]n3)=CN(c3cccc(CC(=O)NC4CC4)c3)CC2=N1. The fourth-order valence-corrected chi connectivity index (χ4v) is 3.68. The molecule has 1 saturated carbocycles. The Bertz CT molecular complexity index is 1080. The predicted octanol–water partition coefficient (Wildman–Crippen LogP) is 2.68. The van der Waals surface area contributed by atoms with Crippen LogP contribution in [0, 0.1) is 6.92 Å². The van der Waals surface area contributed by atoms with Gasteiger partial charge in [0.1, 0.15) is 12.2 Å². The van der Waals surface area contributed by atoms with Crippen molar-refractivity contribution in [2.45, 2.75) is 39.2 Å². The Labute approximate surface area is 175 Å². The van der Waals surface area contributed by atoms with Crippen molar-refractivity contribution < 1.29 is 4.79 Å². The van der Waals surface area contributed by atoms with E-state index in [4.69, 9.17) is 0 Å². The second-order valence-corrected chi connectivity index (χ2v) is 8.06. The standard InChI is InChI=1S/C22H25N7O/c1-14-8-19(27-26-14)25-21-13-28(12-20-23-15(2)11-29(20)21)18-5-3-4-16(9-18)10-22(30)24-17-6-7-17/h3-5,8-9,11,13,17H,6-7,10,12H2,1-2H3,(H,24,30)(H2,25,26,27)/q+1. The average molecular weight is 403 g/mol. The van der Waals surface area contributed by atoms with Gasteiger partial charge in [-0.2, -0.15) is 10.1 Å². The van der Waals surface area contributed by atoms with E-state index < -0.39 is 0 Å². The van der Waals surface area contributed by atoms with Crippen LogP contribution in [0.2, 0.25) is 0 Å². The van der Waals surface area contributed by atoms with Crippen LogP contribution < -0.4 is 20.4 Å². The first-order valence-corrected chi connectivity index (χ1v) is 10.2. The minimum atomic E-state index is 0.0891. The van der Waals surface area contributed by atoms with E-state index in [2.05, 4.69) is 54.0 Å². The van der Waals surface area contributed by atoms with Crippen molar-refractivity contribution in [1.29, 1.82) is 0 Å². The summed E-state index contributed by atoms with van der Waals surface area (Å²) in [5, 5.41) is 13.7. The molecule has 0 spiro atoms. The summed E-state index contributed by atoms with van der Waals surface area (Å²) in [6, 6.07) is 10.5. The molecular weight excluding hydrogens is 378 g/mol. The first-order valence-electron chi connectivity index (χ1n) is 10.2. The van der Waals surface area contributed by atoms with Gasteiger partial charge in [-0.05, 0) is 49.3 Å². The molecule has 0 unspecified atom stereocenters. The van der Waals surface area contributed by atoms with Gasteiger partial charge >= 0.3 is 0 Å². The lowest BCUT2D eigenvalue weighted by Crippen LogP contribution is -2.45. The van der Waals surface area contributed by atoms with Crippen molar-refractivity contribution >= 4 is 23.2 Å². The number of aryl methyl sites for hydroxylation is 1. The summed E-state index contributed by atoms with van der Waals surface area (Å²) in [6.07, 6.45) is 6.67. The number of aromatic nitrogens is 2. The second kappa shape index (κ2) is 7.46. The number of hydrogen-bond donors (Lipinski definition) is 3. The number of nitrogens with zero attached hydrogens (tertiary/aromatic N) is 4. The molecule has 3 heterocycles. The molecular formula is C22H25N7O+. The third kappa shape index (κ3) is 3.99. The summed E-state index contributed by atoms with van der Waals surface area (Å²) in [5.74, 6) is 2.66. The maximum atomic E-state index is 12.2. The number of benzene rings is 1. The summed E-state index contributed by atoms with van der Waals surface area (Å²) in [5.41, 5.74) is 3.98. The van der Waals surface area contributed by atoms with Crippen LogP contribution in [0.15, 0.2) is 59.2 Å². The Morgan fingerprint density at radius 3 is 2.93 bits per heavy atom. The lowest BCUT2D eigenvalue weighted by Gasteiger charge is -2.25. The Kier molecular flexibility index (Phi) is 4.63. The molecule has 0 bridgehead atoms. The summed E-state index contributed by atoms with van der Waals surface area (Å²) < 4.78 is 0. The minimum absolute atomic E-state index is 0.0891. The quantitative estimate of drug-likeness (QED) is 0.647. The van der Waals surface area contributed by atoms with Crippen LogP contribution in [0.5, 0.6) is 0 Å². The molecule has 5 rings (SSSR count). The number of nitrogens with one attached hydrogen (secondary N) is 3. The zero-order valence-corrected chi connectivity index (χ0v) is 17.1. The number of fused-ring (bicyclic) bond motifs is 1. The number of hydrogen-bond acceptors (Lipinski definition) is 6. The highest BCUT2D eigenvalue weighted by molar-refractivity contribution is 5.96. The maximum Gasteiger partial charge on any atom is 0.284 e. The summed E-state index contributed by atoms with van der Waals surface area (Å²) in [7, 11) is 0. The van der Waals surface area contributed by atoms with Gasteiger partial charge in [-0.1, -0.05) is 12.1 Å². The molecule has 8 nitrogen and oxygen atoms in total. The van der Waals surface area contributed by atoms with Crippen LogP contribution in [0.3, 0.4) is 0 Å². The van der Waals surface area contributed by atoms with Crippen molar-refractivity contribution in [2.75, 3.05) is 16.8 Å². The Morgan fingerprint density at radius 1 is 1.30 bits per heavy atom. The maximum absolute atomic E-state index is 12.2. The highest BCUT2D eigenvalue weighted by Crippen LogP contribution is 2.26. The topological polar surface area (TPSA) is 91.3 Å². The van der Waals surface area contributed by atoms with Crippen molar-refractivity contribution in [1.82, 2.24) is 20.4 Å². The molecule has 8 heteroatoms. The molecule has 30 heavy (non-hydrogen) atoms. The van der Waals surface area contributed by atoms with Gasteiger partial charge in [-0.25, -0.2) is 0 Å². The summed E-state index contributed by atoms with van der Waals surface area (Å²) in [6.45, 7) is 4.61. The van der Waals surface area contributed by atoms with Gasteiger partial charge < -0.3 is 10.2 Å². The first kappa shape index (κ1) is 18.6. The highest BCUT2D eigenvalue weighted by Gasteiger charge is 2.39. The third-order valence-corrected chi connectivity index (χ3v) is 5.26. The zero-order chi connectivity index (χ0) is 20.7. The Morgan fingerprint density at radius 2 is 2.17 bits per heavy atom. The lowest BCUT2D eigenvalue weighted by atomic mass is 10.1. The van der Waals surface area contributed by atoms with Crippen molar-refractivity contribution in [2.24, 2.45) is 4.99 Å². The molecule has 1 aliphatic carbocycles. The minimum Gasteiger partial charge on any atom is -0.353 e. The number of allylic oxidation sites excluding steroid dienone is 1. The van der Waals surface area contributed by atoms with Crippen LogP contribution in [0.25, 0.3) is 0 Å². The van der Waals surface area contributed by atoms with Crippen molar-refractivity contribution in [3.05, 3.63) is 65.5 Å². The van der Waals surface area contributed by atoms with E-state index in [-0.39, 0.29) is 5.91 Å². The van der Waals surface area contributed by atoms with Gasteiger partial charge in [0, 0.05) is 23.5 Å². The highest BCUT2D eigenvalue weighted by atomic mass is 16.1. The molecule has 3 N–H and O–H groups in total. The Hall–Kier alpha value is -3.39. The molecule has 0 atom stereocenters. The van der Waals surface area contributed by atoms with E-state index in [1.54, 1.807) is 0 Å². The van der Waals surface area contributed by atoms with Gasteiger partial charge in [0.2, 0.25) is 5.91 Å². The van der Waals surface area contributed by atoms with E-state index in [1.165, 1.54) is 0 Å². The van der Waals surface area contributed by atoms with Gasteiger partial charge in [-0.15, -0.1) is 0 Å². The lowest BCUT2D eigenvalue weighted by molar-refractivity contribution is -0.120. The van der Waals surface area contributed by atoms with E-state index in [1.807, 2.05) is 38.2 Å². The van der Waals surface area contributed by atoms with Crippen LogP contribution in [0.4, 0.5) is 11.5 Å². The number of carbonyl (C=O) groups is 1. The van der Waals surface area contributed by atoms with Crippen LogP contribution in [-0.2, 0) is 11.2 Å². The number of H-pyrrole nitrogens is 1. The van der Waals surface area contributed by atoms with Gasteiger partial charge in [-0.3, -0.25) is 15.2 Å². The summed E-state index contributed by atoms with van der Waals surface area (Å²) >= 11 is 0. The van der Waals surface area contributed by atoms with Crippen molar-refractivity contribution in [3.8, 4) is 0 Å². The van der Waals surface area contributed by atoms with Crippen LogP contribution >= 0.6 is 0 Å². The molecule has 1 amide bonds. The largest absolute Gasteiger partial charge is 0.353 e. The number of amidine groups is 1. The van der Waals surface area contributed by atoms with E-state index >= 15 is 0 Å². The smallest absolute Gasteiger partial charge is 0.284 e. The Balaban J connectivity index is 1.39. The molecule has 1 fully saturated rings. The van der Waals surface area contributed by atoms with Crippen LogP contribution in [0.1, 0.15) is 31.0 Å². The van der Waals surface area contributed by atoms with E-state index in [0.717, 1.165) is 53.0 Å². The fraction of sp³-hybridized carbons (Fsp3) is 0.318. The molecule has 0 saturated heterocycles. The van der Waals surface area contributed by atoms with Crippen LogP contribution in [-0.4, -0.2) is 34.5 Å². The number of amides is 1. The summed E-state index contributed by atoms with van der Waals surface area (Å²) in [4.78, 5) is 21.1. The molecule has 3 aliphatic rings. The van der Waals surface area contributed by atoms with Crippen molar-refractivity contribution in [3.63, 3.8) is 0 Å². The molecule has 2 aromatic rings. The molecule has 153 valence electrons. The second-order valence-electron chi connectivity index (χ2n) is 8.06. The number of aliphatic imine (C=N–C) groups is 1. The van der Waals surface area contributed by atoms with Gasteiger partial charge in [0.25, 0.3) is 11.7 Å². The molecule has 1 aromatic heterocycles. The number of aromatic amines is 1. The molecule has 1 aromatic carbocycles. The third-order valence-electron chi connectivity index (χ3n) is 5.26. The first-order chi connectivity index (χ1) is 14.5. The van der Waals surface area contributed by atoms with E-state index in [9.17, 15) is 4.79 Å². The van der Waals surface area contributed by atoms with Gasteiger partial charge in [0.15, 0.2) is 12.0 Å². The van der Waals surface area contributed by atoms with Gasteiger partial charge in [0.05, 0.1) is 12.6 Å². The van der Waals surface area contributed by atoms with E-state index in [0.29, 0.717) is 19.0 Å². The zero-order valence-electron chi connectivity index (χ0n) is 17.1. The monoisotopic (exact) mass is 403 g/mol. The predicted molar refractivity (Wildman–Crippen MR) is 117 cm³/mol. The average Bonchev–Trinajstić information content (AvgIpc) is 3.29. The molecule has 2 aliphatic heterocycles. The fourth-order valence-electron chi connectivity index (χ4n) is 3.68. The number of carbonyl (C=O) groups excluding carboxylic acids is 1. The molecule has 1 radical (unpaired) electrons. The number of rotatable bonds is 6.